The molecule has 34 heavy (non-hydrogen) atoms. The number of hydrogen-bond acceptors (Lipinski definition) is 4. The van der Waals surface area contributed by atoms with Gasteiger partial charge in [-0.2, -0.15) is 10.5 Å². The van der Waals surface area contributed by atoms with Crippen molar-refractivity contribution in [1.82, 2.24) is 0 Å². The van der Waals surface area contributed by atoms with E-state index in [1.165, 1.54) is 0 Å². The van der Waals surface area contributed by atoms with E-state index in [2.05, 4.69) is 28.1 Å². The largest absolute Gasteiger partial charge is 0.351 e. The van der Waals surface area contributed by atoms with Crippen molar-refractivity contribution in [2.45, 2.75) is 18.0 Å². The third kappa shape index (κ3) is 3.36. The zero-order valence-electron chi connectivity index (χ0n) is 17.6. The van der Waals surface area contributed by atoms with Crippen LogP contribution in [0.25, 0.3) is 6.08 Å². The highest BCUT2D eigenvalue weighted by Crippen LogP contribution is 2.56. The fraction of sp³-hybridized carbons (Fsp3) is 0.148. The maximum absolute atomic E-state index is 14.2. The van der Waals surface area contributed by atoms with Crippen molar-refractivity contribution in [2.75, 3.05) is 4.90 Å². The van der Waals surface area contributed by atoms with Crippen molar-refractivity contribution < 1.29 is 4.79 Å². The summed E-state index contributed by atoms with van der Waals surface area (Å²) in [5.74, 6) is -1.01. The highest BCUT2D eigenvalue weighted by molar-refractivity contribution is 9.10. The summed E-state index contributed by atoms with van der Waals surface area (Å²) >= 11 is 16.2. The molecule has 0 aromatic heterocycles. The van der Waals surface area contributed by atoms with E-state index in [1.807, 2.05) is 47.4 Å². The van der Waals surface area contributed by atoms with E-state index >= 15 is 0 Å². The summed E-state index contributed by atoms with van der Waals surface area (Å²) < 4.78 is 0.764. The number of fused-ring (bicyclic) bond motifs is 3. The lowest BCUT2D eigenvalue weighted by Crippen LogP contribution is -2.44. The molecule has 2 heterocycles. The van der Waals surface area contributed by atoms with E-state index in [1.54, 1.807) is 36.4 Å². The van der Waals surface area contributed by atoms with Crippen LogP contribution in [0.15, 0.2) is 77.3 Å². The first-order valence-electron chi connectivity index (χ1n) is 10.5. The molecule has 0 radical (unpaired) electrons. The van der Waals surface area contributed by atoms with Gasteiger partial charge in [0.25, 0.3) is 0 Å². The number of carbonyl (C=O) groups is 1. The van der Waals surface area contributed by atoms with Gasteiger partial charge in [-0.05, 0) is 41.5 Å². The molecule has 1 fully saturated rings. The molecule has 0 N–H and O–H groups in total. The lowest BCUT2D eigenvalue weighted by molar-refractivity contribution is 0.0951. The lowest BCUT2D eigenvalue weighted by atomic mass is 9.69. The highest BCUT2D eigenvalue weighted by Gasteiger charge is 2.63. The minimum absolute atomic E-state index is 0.195. The monoisotopic (exact) mass is 547 g/mol. The van der Waals surface area contributed by atoms with Crippen LogP contribution in [0.5, 0.6) is 0 Å². The summed E-state index contributed by atoms with van der Waals surface area (Å²) in [5.41, 5.74) is 1.17. The number of halogens is 3. The van der Waals surface area contributed by atoms with Gasteiger partial charge in [0, 0.05) is 31.7 Å². The van der Waals surface area contributed by atoms with Crippen LogP contribution in [0.2, 0.25) is 10.0 Å². The molecule has 3 aromatic rings. The summed E-state index contributed by atoms with van der Waals surface area (Å²) in [6.45, 7) is 0. The van der Waals surface area contributed by atoms with Crippen molar-refractivity contribution in [3.8, 4) is 12.1 Å². The zero-order valence-corrected chi connectivity index (χ0v) is 20.7. The highest BCUT2D eigenvalue weighted by atomic mass is 79.9. The van der Waals surface area contributed by atoms with Gasteiger partial charge in [0.2, 0.25) is 0 Å². The molecule has 2 aliphatic rings. The topological polar surface area (TPSA) is 67.9 Å². The number of benzene rings is 3. The Morgan fingerprint density at radius 1 is 1.00 bits per heavy atom. The van der Waals surface area contributed by atoms with Gasteiger partial charge in [0.1, 0.15) is 6.04 Å². The molecule has 166 valence electrons. The standard InChI is InChI=1S/C27H16BrCl2N3O/c28-18-6-3-5-17(12-18)26(34)25-24(20-10-9-19(29)13-21(20)30)27(14-31,15-32)23-11-8-16-4-1-2-7-22(16)33(23)25/h1-13,23-25H/t23-,24-,25+/m1/s1. The van der Waals surface area contributed by atoms with Crippen LogP contribution >= 0.6 is 39.1 Å². The van der Waals surface area contributed by atoms with Crippen molar-refractivity contribution in [3.05, 3.63) is 104 Å². The molecule has 0 spiro atoms. The first kappa shape index (κ1) is 22.7. The summed E-state index contributed by atoms with van der Waals surface area (Å²) in [6.07, 6.45) is 3.76. The van der Waals surface area contributed by atoms with E-state index < -0.39 is 23.4 Å². The number of carbonyl (C=O) groups excluding carboxylic acids is 1. The number of anilines is 1. The number of nitrogens with zero attached hydrogens (tertiary/aromatic N) is 3. The molecule has 0 unspecified atom stereocenters. The average molecular weight is 549 g/mol. The molecule has 4 nitrogen and oxygen atoms in total. The molecule has 7 heteroatoms. The molecular formula is C27H16BrCl2N3O. The Hall–Kier alpha value is -3.09. The maximum Gasteiger partial charge on any atom is 0.186 e. The molecule has 3 atom stereocenters. The average Bonchev–Trinajstić information content (AvgIpc) is 3.14. The molecule has 2 aliphatic heterocycles. The molecule has 0 aliphatic carbocycles. The lowest BCUT2D eigenvalue weighted by Gasteiger charge is -2.35. The fourth-order valence-electron chi connectivity index (χ4n) is 5.14. The predicted molar refractivity (Wildman–Crippen MR) is 137 cm³/mol. The quantitative estimate of drug-likeness (QED) is 0.329. The Balaban J connectivity index is 1.81. The first-order valence-corrected chi connectivity index (χ1v) is 12.1. The van der Waals surface area contributed by atoms with Gasteiger partial charge in [-0.25, -0.2) is 0 Å². The van der Waals surface area contributed by atoms with Crippen molar-refractivity contribution in [3.63, 3.8) is 0 Å². The van der Waals surface area contributed by atoms with Crippen LogP contribution in [0.4, 0.5) is 5.69 Å². The minimum Gasteiger partial charge on any atom is -0.351 e. The van der Waals surface area contributed by atoms with Gasteiger partial charge >= 0.3 is 0 Å². The number of Topliss-reactive ketones (excluding diaryl/α,β-unsaturated/α-hetero) is 1. The van der Waals surface area contributed by atoms with Crippen LogP contribution in [-0.4, -0.2) is 17.9 Å². The molecule has 0 bridgehead atoms. The van der Waals surface area contributed by atoms with E-state index in [-0.39, 0.29) is 5.78 Å². The Labute approximate surface area is 215 Å². The number of hydrogen-bond donors (Lipinski definition) is 0. The smallest absolute Gasteiger partial charge is 0.186 e. The zero-order chi connectivity index (χ0) is 24.0. The van der Waals surface area contributed by atoms with Crippen molar-refractivity contribution in [2.24, 2.45) is 5.41 Å². The summed E-state index contributed by atoms with van der Waals surface area (Å²) in [4.78, 5) is 16.1. The Bertz CT molecular complexity index is 1420. The van der Waals surface area contributed by atoms with Crippen LogP contribution in [-0.2, 0) is 0 Å². The van der Waals surface area contributed by atoms with Gasteiger partial charge in [0.15, 0.2) is 11.2 Å². The maximum atomic E-state index is 14.2. The molecule has 3 aromatic carbocycles. The second-order valence-corrected chi connectivity index (χ2v) is 10.1. The minimum atomic E-state index is -1.56. The molecule has 0 saturated carbocycles. The summed E-state index contributed by atoms with van der Waals surface area (Å²) in [7, 11) is 0. The fourth-order valence-corrected chi connectivity index (χ4v) is 6.07. The van der Waals surface area contributed by atoms with Crippen LogP contribution < -0.4 is 4.90 Å². The van der Waals surface area contributed by atoms with Gasteiger partial charge in [0.05, 0.1) is 18.2 Å². The SMILES string of the molecule is N#CC1(C#N)[C@H](c2ccc(Cl)cc2Cl)[C@@H](C(=O)c2cccc(Br)c2)N2c3ccccc3C=C[C@@H]21. The molecular weight excluding hydrogens is 533 g/mol. The van der Waals surface area contributed by atoms with Crippen LogP contribution in [0, 0.1) is 28.1 Å². The van der Waals surface area contributed by atoms with Gasteiger partial charge < -0.3 is 4.90 Å². The van der Waals surface area contributed by atoms with Gasteiger partial charge in [-0.1, -0.05) is 87.7 Å². The normalized spacial score (nSPS) is 21.8. The molecule has 1 saturated heterocycles. The Kier molecular flexibility index (Phi) is 5.74. The van der Waals surface area contributed by atoms with E-state index in [0.29, 0.717) is 21.2 Å². The summed E-state index contributed by atoms with van der Waals surface area (Å²) in [5, 5.41) is 21.7. The molecule has 5 rings (SSSR count). The second kappa shape index (κ2) is 8.60. The van der Waals surface area contributed by atoms with Gasteiger partial charge in [-0.3, -0.25) is 4.79 Å². The Morgan fingerprint density at radius 3 is 2.47 bits per heavy atom. The number of ketones is 1. The van der Waals surface area contributed by atoms with Gasteiger partial charge in [-0.15, -0.1) is 0 Å². The number of para-hydroxylation sites is 1. The van der Waals surface area contributed by atoms with Crippen LogP contribution in [0.3, 0.4) is 0 Å². The van der Waals surface area contributed by atoms with Crippen molar-refractivity contribution >= 4 is 56.7 Å². The third-order valence-electron chi connectivity index (χ3n) is 6.59. The first-order chi connectivity index (χ1) is 16.4. The Morgan fingerprint density at radius 2 is 1.76 bits per heavy atom. The molecule has 0 amide bonds. The predicted octanol–water partition coefficient (Wildman–Crippen LogP) is 7.04. The van der Waals surface area contributed by atoms with Crippen molar-refractivity contribution in [1.29, 1.82) is 10.5 Å². The second-order valence-electron chi connectivity index (χ2n) is 8.33. The van der Waals surface area contributed by atoms with E-state index in [9.17, 15) is 15.3 Å². The number of nitriles is 2. The third-order valence-corrected chi connectivity index (χ3v) is 7.65. The number of rotatable bonds is 3. The van der Waals surface area contributed by atoms with E-state index in [4.69, 9.17) is 23.2 Å². The summed E-state index contributed by atoms with van der Waals surface area (Å²) in [6, 6.07) is 22.9. The van der Waals surface area contributed by atoms with Crippen LogP contribution in [0.1, 0.15) is 27.4 Å². The van der Waals surface area contributed by atoms with E-state index in [0.717, 1.165) is 15.7 Å².